The van der Waals surface area contributed by atoms with Gasteiger partial charge in [-0.25, -0.2) is 0 Å². The van der Waals surface area contributed by atoms with E-state index in [1.54, 1.807) is 11.3 Å². The van der Waals surface area contributed by atoms with Gasteiger partial charge in [0.15, 0.2) is 0 Å². The van der Waals surface area contributed by atoms with Gasteiger partial charge in [-0.3, -0.25) is 0 Å². The van der Waals surface area contributed by atoms with E-state index in [0.717, 1.165) is 15.9 Å². The van der Waals surface area contributed by atoms with Crippen molar-refractivity contribution in [2.45, 2.75) is 6.61 Å². The zero-order valence-corrected chi connectivity index (χ0v) is 11.3. The Balaban J connectivity index is 1.94. The number of thiophene rings is 1. The first-order valence-corrected chi connectivity index (χ1v) is 6.59. The topological polar surface area (TPSA) is 21.3 Å². The maximum atomic E-state index is 5.67. The Morgan fingerprint density at radius 1 is 1.31 bits per heavy atom. The molecular formula is C12H12BrNOS. The zero-order valence-electron chi connectivity index (χ0n) is 8.87. The van der Waals surface area contributed by atoms with Crippen LogP contribution in [0.15, 0.2) is 40.2 Å². The van der Waals surface area contributed by atoms with Gasteiger partial charge in [0, 0.05) is 27.5 Å². The molecule has 1 heterocycles. The van der Waals surface area contributed by atoms with E-state index in [-0.39, 0.29) is 0 Å². The molecule has 0 aliphatic carbocycles. The van der Waals surface area contributed by atoms with Gasteiger partial charge in [0.2, 0.25) is 0 Å². The molecule has 16 heavy (non-hydrogen) atoms. The molecule has 0 saturated carbocycles. The summed E-state index contributed by atoms with van der Waals surface area (Å²) in [5.74, 6) is 0.892. The minimum atomic E-state index is 0.620. The van der Waals surface area contributed by atoms with Gasteiger partial charge in [-0.05, 0) is 46.3 Å². The monoisotopic (exact) mass is 297 g/mol. The normalized spacial score (nSPS) is 10.1. The number of anilines is 1. The molecule has 0 radical (unpaired) electrons. The average molecular weight is 298 g/mol. The molecule has 0 amide bonds. The standard InChI is InChI=1S/C12H12BrNOS/c1-14-10-2-4-11(5-3-10)15-7-12-6-9(13)8-16-12/h2-6,8,14H,7H2,1H3. The van der Waals surface area contributed by atoms with Gasteiger partial charge in [-0.2, -0.15) is 0 Å². The highest BCUT2D eigenvalue weighted by Gasteiger charge is 1.99. The fourth-order valence-electron chi connectivity index (χ4n) is 1.30. The molecule has 0 bridgehead atoms. The lowest BCUT2D eigenvalue weighted by molar-refractivity contribution is 0.310. The molecule has 2 nitrogen and oxygen atoms in total. The highest BCUT2D eigenvalue weighted by molar-refractivity contribution is 9.10. The highest BCUT2D eigenvalue weighted by atomic mass is 79.9. The van der Waals surface area contributed by atoms with Crippen LogP contribution in [0.3, 0.4) is 0 Å². The summed E-state index contributed by atoms with van der Waals surface area (Å²) < 4.78 is 6.78. The van der Waals surface area contributed by atoms with Gasteiger partial charge in [-0.15, -0.1) is 11.3 Å². The summed E-state index contributed by atoms with van der Waals surface area (Å²) in [7, 11) is 1.90. The minimum Gasteiger partial charge on any atom is -0.488 e. The Morgan fingerprint density at radius 2 is 2.06 bits per heavy atom. The molecule has 1 aromatic carbocycles. The lowest BCUT2D eigenvalue weighted by Gasteiger charge is -2.05. The molecular weight excluding hydrogens is 286 g/mol. The molecule has 0 atom stereocenters. The van der Waals surface area contributed by atoms with Crippen molar-refractivity contribution >= 4 is 33.0 Å². The Kier molecular flexibility index (Phi) is 3.85. The lowest BCUT2D eigenvalue weighted by atomic mass is 10.3. The van der Waals surface area contributed by atoms with Crippen molar-refractivity contribution in [3.63, 3.8) is 0 Å². The van der Waals surface area contributed by atoms with Crippen LogP contribution in [-0.4, -0.2) is 7.05 Å². The van der Waals surface area contributed by atoms with Gasteiger partial charge in [0.05, 0.1) is 0 Å². The fourth-order valence-corrected chi connectivity index (χ4v) is 2.66. The first-order valence-electron chi connectivity index (χ1n) is 4.91. The Bertz CT molecular complexity index is 452. The van der Waals surface area contributed by atoms with Gasteiger partial charge < -0.3 is 10.1 Å². The number of benzene rings is 1. The van der Waals surface area contributed by atoms with Crippen molar-refractivity contribution in [3.8, 4) is 5.75 Å². The average Bonchev–Trinajstić information content (AvgIpc) is 2.73. The lowest BCUT2D eigenvalue weighted by Crippen LogP contribution is -1.93. The molecule has 1 N–H and O–H groups in total. The summed E-state index contributed by atoms with van der Waals surface area (Å²) in [5, 5.41) is 5.13. The van der Waals surface area contributed by atoms with Crippen LogP contribution in [0.2, 0.25) is 0 Å². The van der Waals surface area contributed by atoms with Crippen LogP contribution in [-0.2, 0) is 6.61 Å². The van der Waals surface area contributed by atoms with E-state index in [9.17, 15) is 0 Å². The van der Waals surface area contributed by atoms with E-state index < -0.39 is 0 Å². The molecule has 84 valence electrons. The van der Waals surface area contributed by atoms with Crippen LogP contribution in [0.4, 0.5) is 5.69 Å². The van der Waals surface area contributed by atoms with Gasteiger partial charge in [0.1, 0.15) is 12.4 Å². The van der Waals surface area contributed by atoms with Crippen molar-refractivity contribution in [2.75, 3.05) is 12.4 Å². The molecule has 4 heteroatoms. The molecule has 0 spiro atoms. The summed E-state index contributed by atoms with van der Waals surface area (Å²) in [6.07, 6.45) is 0. The molecule has 2 rings (SSSR count). The van der Waals surface area contributed by atoms with Crippen molar-refractivity contribution in [2.24, 2.45) is 0 Å². The zero-order chi connectivity index (χ0) is 11.4. The van der Waals surface area contributed by atoms with E-state index in [1.165, 1.54) is 4.88 Å². The van der Waals surface area contributed by atoms with Gasteiger partial charge in [0.25, 0.3) is 0 Å². The molecule has 0 aliphatic rings. The molecule has 0 fully saturated rings. The van der Waals surface area contributed by atoms with Crippen LogP contribution in [0.25, 0.3) is 0 Å². The molecule has 1 aromatic heterocycles. The second-order valence-electron chi connectivity index (χ2n) is 3.29. The maximum absolute atomic E-state index is 5.67. The van der Waals surface area contributed by atoms with Crippen molar-refractivity contribution < 1.29 is 4.74 Å². The van der Waals surface area contributed by atoms with Crippen LogP contribution >= 0.6 is 27.3 Å². The van der Waals surface area contributed by atoms with E-state index in [4.69, 9.17) is 4.74 Å². The number of halogens is 1. The third-order valence-electron chi connectivity index (χ3n) is 2.15. The van der Waals surface area contributed by atoms with Crippen LogP contribution in [0.1, 0.15) is 4.88 Å². The first-order chi connectivity index (χ1) is 7.78. The summed E-state index contributed by atoms with van der Waals surface area (Å²) in [6.45, 7) is 0.620. The smallest absolute Gasteiger partial charge is 0.122 e. The second kappa shape index (κ2) is 5.37. The number of rotatable bonds is 4. The summed E-state index contributed by atoms with van der Waals surface area (Å²) in [6, 6.07) is 10.0. The molecule has 0 aliphatic heterocycles. The summed E-state index contributed by atoms with van der Waals surface area (Å²) >= 11 is 5.12. The number of hydrogen-bond donors (Lipinski definition) is 1. The summed E-state index contributed by atoms with van der Waals surface area (Å²) in [5.41, 5.74) is 1.09. The predicted molar refractivity (Wildman–Crippen MR) is 72.3 cm³/mol. The van der Waals surface area contributed by atoms with Gasteiger partial charge in [-0.1, -0.05) is 0 Å². The minimum absolute atomic E-state index is 0.620. The van der Waals surface area contributed by atoms with Crippen molar-refractivity contribution in [3.05, 3.63) is 45.1 Å². The number of hydrogen-bond acceptors (Lipinski definition) is 3. The molecule has 2 aromatic rings. The van der Waals surface area contributed by atoms with Crippen LogP contribution in [0.5, 0.6) is 5.75 Å². The highest BCUT2D eigenvalue weighted by Crippen LogP contribution is 2.22. The first kappa shape index (κ1) is 11.5. The van der Waals surface area contributed by atoms with E-state index in [0.29, 0.717) is 6.61 Å². The van der Waals surface area contributed by atoms with Gasteiger partial charge >= 0.3 is 0 Å². The van der Waals surface area contributed by atoms with Crippen LogP contribution in [0, 0.1) is 0 Å². The SMILES string of the molecule is CNc1ccc(OCc2cc(Br)cs2)cc1. The Hall–Kier alpha value is -1.00. The molecule has 0 saturated heterocycles. The third-order valence-corrected chi connectivity index (χ3v) is 3.82. The molecule has 0 unspecified atom stereocenters. The quantitative estimate of drug-likeness (QED) is 0.916. The Morgan fingerprint density at radius 3 is 2.62 bits per heavy atom. The van der Waals surface area contributed by atoms with E-state index in [1.807, 2.05) is 31.3 Å². The number of ether oxygens (including phenoxy) is 1. The van der Waals surface area contributed by atoms with E-state index >= 15 is 0 Å². The predicted octanol–water partition coefficient (Wildman–Crippen LogP) is 4.13. The van der Waals surface area contributed by atoms with Crippen LogP contribution < -0.4 is 10.1 Å². The van der Waals surface area contributed by atoms with Crippen molar-refractivity contribution in [1.82, 2.24) is 0 Å². The van der Waals surface area contributed by atoms with Crippen molar-refractivity contribution in [1.29, 1.82) is 0 Å². The summed E-state index contributed by atoms with van der Waals surface area (Å²) in [4.78, 5) is 1.21. The largest absolute Gasteiger partial charge is 0.488 e. The fraction of sp³-hybridized carbons (Fsp3) is 0.167. The number of nitrogens with one attached hydrogen (secondary N) is 1. The maximum Gasteiger partial charge on any atom is 0.122 e. The Labute approximate surface area is 107 Å². The second-order valence-corrected chi connectivity index (χ2v) is 5.21. The van der Waals surface area contributed by atoms with E-state index in [2.05, 4.69) is 32.7 Å². The third kappa shape index (κ3) is 3.00.